The lowest BCUT2D eigenvalue weighted by atomic mass is 10.0. The molecule has 1 aromatic heterocycles. The Morgan fingerprint density at radius 1 is 1.40 bits per heavy atom. The number of aromatic nitrogens is 1. The van der Waals surface area contributed by atoms with Gasteiger partial charge in [0.15, 0.2) is 0 Å². The van der Waals surface area contributed by atoms with Crippen molar-refractivity contribution in [1.82, 2.24) is 15.2 Å². The van der Waals surface area contributed by atoms with Crippen LogP contribution in [0.2, 0.25) is 5.15 Å². The molecule has 20 heavy (non-hydrogen) atoms. The average Bonchev–Trinajstić information content (AvgIpc) is 2.36. The molecule has 6 heteroatoms. The minimum absolute atomic E-state index is 0.118. The van der Waals surface area contributed by atoms with Crippen molar-refractivity contribution < 1.29 is 9.59 Å². The number of likely N-dealkylation sites (N-methyl/N-ethyl adjacent to an activating group) is 1. The SMILES string of the molecule is CC(C)CC(NC(=O)c1ccnc(Cl)c1)C(=O)N(C)C. The second-order valence-electron chi connectivity index (χ2n) is 5.26. The minimum Gasteiger partial charge on any atom is -0.347 e. The third-order valence-electron chi connectivity index (χ3n) is 2.74. The van der Waals surface area contributed by atoms with Gasteiger partial charge in [0.05, 0.1) is 0 Å². The number of carbonyl (C=O) groups excluding carboxylic acids is 2. The summed E-state index contributed by atoms with van der Waals surface area (Å²) >= 11 is 5.76. The molecule has 110 valence electrons. The molecule has 0 aromatic carbocycles. The molecule has 0 saturated carbocycles. The molecular formula is C14H20ClN3O2. The summed E-state index contributed by atoms with van der Waals surface area (Å²) in [5, 5.41) is 3.00. The Kier molecular flexibility index (Phi) is 5.95. The van der Waals surface area contributed by atoms with E-state index in [1.54, 1.807) is 20.2 Å². The third-order valence-corrected chi connectivity index (χ3v) is 2.95. The van der Waals surface area contributed by atoms with Crippen LogP contribution in [0, 0.1) is 5.92 Å². The summed E-state index contributed by atoms with van der Waals surface area (Å²) in [6, 6.07) is 2.50. The Hall–Kier alpha value is -1.62. The number of hydrogen-bond acceptors (Lipinski definition) is 3. The number of hydrogen-bond donors (Lipinski definition) is 1. The molecule has 0 aliphatic carbocycles. The van der Waals surface area contributed by atoms with Gasteiger partial charge < -0.3 is 10.2 Å². The maximum Gasteiger partial charge on any atom is 0.252 e. The van der Waals surface area contributed by atoms with E-state index in [1.165, 1.54) is 17.2 Å². The first kappa shape index (κ1) is 16.4. The van der Waals surface area contributed by atoms with Crippen LogP contribution in [0.15, 0.2) is 18.3 Å². The van der Waals surface area contributed by atoms with Crippen LogP contribution in [0.3, 0.4) is 0 Å². The van der Waals surface area contributed by atoms with Crippen molar-refractivity contribution in [3.8, 4) is 0 Å². The summed E-state index contributed by atoms with van der Waals surface area (Å²) in [4.78, 5) is 29.5. The predicted octanol–water partition coefficient (Wildman–Crippen LogP) is 1.97. The topological polar surface area (TPSA) is 62.3 Å². The van der Waals surface area contributed by atoms with E-state index in [1.807, 2.05) is 13.8 Å². The van der Waals surface area contributed by atoms with Crippen LogP contribution in [0.25, 0.3) is 0 Å². The first-order valence-corrected chi connectivity index (χ1v) is 6.82. The Labute approximate surface area is 124 Å². The molecule has 1 aromatic rings. The van der Waals surface area contributed by atoms with Crippen LogP contribution in [0.5, 0.6) is 0 Å². The fraction of sp³-hybridized carbons (Fsp3) is 0.500. The van der Waals surface area contributed by atoms with E-state index in [4.69, 9.17) is 11.6 Å². The van der Waals surface area contributed by atoms with Crippen LogP contribution >= 0.6 is 11.6 Å². The zero-order valence-electron chi connectivity index (χ0n) is 12.2. The molecule has 0 aliphatic heterocycles. The van der Waals surface area contributed by atoms with Crippen molar-refractivity contribution in [1.29, 1.82) is 0 Å². The standard InChI is InChI=1S/C14H20ClN3O2/c1-9(2)7-11(14(20)18(3)4)17-13(19)10-5-6-16-12(15)8-10/h5-6,8-9,11H,7H2,1-4H3,(H,17,19). The largest absolute Gasteiger partial charge is 0.347 e. The van der Waals surface area contributed by atoms with Gasteiger partial charge in [0.25, 0.3) is 5.91 Å². The van der Waals surface area contributed by atoms with Gasteiger partial charge >= 0.3 is 0 Å². The summed E-state index contributed by atoms with van der Waals surface area (Å²) in [6.45, 7) is 4.01. The average molecular weight is 298 g/mol. The first-order valence-electron chi connectivity index (χ1n) is 6.44. The van der Waals surface area contributed by atoms with Crippen LogP contribution in [-0.2, 0) is 4.79 Å². The molecule has 0 spiro atoms. The van der Waals surface area contributed by atoms with Gasteiger partial charge in [0.2, 0.25) is 5.91 Å². The molecule has 0 radical (unpaired) electrons. The fourth-order valence-corrected chi connectivity index (χ4v) is 1.96. The molecule has 1 unspecified atom stereocenters. The second kappa shape index (κ2) is 7.24. The lowest BCUT2D eigenvalue weighted by molar-refractivity contribution is -0.131. The Morgan fingerprint density at radius 3 is 2.55 bits per heavy atom. The van der Waals surface area contributed by atoms with Gasteiger partial charge in [-0.05, 0) is 24.5 Å². The normalized spacial score (nSPS) is 12.1. The molecule has 0 fully saturated rings. The van der Waals surface area contributed by atoms with Crippen LogP contribution < -0.4 is 5.32 Å². The summed E-state index contributed by atoms with van der Waals surface area (Å²) in [5.74, 6) is -0.146. The number of pyridine rings is 1. The molecule has 1 atom stereocenters. The zero-order chi connectivity index (χ0) is 15.3. The van der Waals surface area contributed by atoms with Crippen molar-refractivity contribution in [2.75, 3.05) is 14.1 Å². The highest BCUT2D eigenvalue weighted by Crippen LogP contribution is 2.10. The van der Waals surface area contributed by atoms with Crippen molar-refractivity contribution in [3.63, 3.8) is 0 Å². The Morgan fingerprint density at radius 2 is 2.05 bits per heavy atom. The van der Waals surface area contributed by atoms with Gasteiger partial charge in [-0.25, -0.2) is 4.98 Å². The van der Waals surface area contributed by atoms with Crippen LogP contribution in [-0.4, -0.2) is 41.8 Å². The Balaban J connectivity index is 2.84. The highest BCUT2D eigenvalue weighted by Gasteiger charge is 2.23. The van der Waals surface area contributed by atoms with E-state index in [-0.39, 0.29) is 17.0 Å². The van der Waals surface area contributed by atoms with Crippen LogP contribution in [0.4, 0.5) is 0 Å². The minimum atomic E-state index is -0.538. The highest BCUT2D eigenvalue weighted by molar-refractivity contribution is 6.29. The van der Waals surface area contributed by atoms with Crippen molar-refractivity contribution in [2.24, 2.45) is 5.92 Å². The van der Waals surface area contributed by atoms with Crippen LogP contribution in [0.1, 0.15) is 30.6 Å². The molecule has 2 amide bonds. The predicted molar refractivity (Wildman–Crippen MR) is 78.7 cm³/mol. The number of amides is 2. The Bertz CT molecular complexity index is 489. The maximum absolute atomic E-state index is 12.1. The summed E-state index contributed by atoms with van der Waals surface area (Å²) < 4.78 is 0. The molecule has 0 aliphatic rings. The van der Waals surface area contributed by atoms with Gasteiger partial charge in [-0.1, -0.05) is 25.4 Å². The van der Waals surface area contributed by atoms with Gasteiger partial charge in [0.1, 0.15) is 11.2 Å². The van der Waals surface area contributed by atoms with E-state index in [0.717, 1.165) is 0 Å². The third kappa shape index (κ3) is 4.81. The lowest BCUT2D eigenvalue weighted by Crippen LogP contribution is -2.46. The van der Waals surface area contributed by atoms with Gasteiger partial charge in [-0.15, -0.1) is 0 Å². The summed E-state index contributed by atoms with van der Waals surface area (Å²) in [6.07, 6.45) is 2.05. The highest BCUT2D eigenvalue weighted by atomic mass is 35.5. The molecule has 1 rings (SSSR count). The molecular weight excluding hydrogens is 278 g/mol. The summed E-state index contributed by atoms with van der Waals surface area (Å²) in [5.41, 5.74) is 0.394. The lowest BCUT2D eigenvalue weighted by Gasteiger charge is -2.23. The smallest absolute Gasteiger partial charge is 0.252 e. The molecule has 0 bridgehead atoms. The first-order chi connectivity index (χ1) is 9.31. The van der Waals surface area contributed by atoms with E-state index in [0.29, 0.717) is 17.9 Å². The fourth-order valence-electron chi connectivity index (χ4n) is 1.79. The molecule has 1 N–H and O–H groups in total. The second-order valence-corrected chi connectivity index (χ2v) is 5.64. The van der Waals surface area contributed by atoms with Crippen molar-refractivity contribution in [3.05, 3.63) is 29.0 Å². The summed E-state index contributed by atoms with van der Waals surface area (Å²) in [7, 11) is 3.34. The van der Waals surface area contributed by atoms with Crippen molar-refractivity contribution >= 4 is 23.4 Å². The number of nitrogens with zero attached hydrogens (tertiary/aromatic N) is 2. The van der Waals surface area contributed by atoms with E-state index < -0.39 is 6.04 Å². The number of nitrogens with one attached hydrogen (secondary N) is 1. The van der Waals surface area contributed by atoms with E-state index >= 15 is 0 Å². The van der Waals surface area contributed by atoms with Gasteiger partial charge in [-0.3, -0.25) is 9.59 Å². The number of halogens is 1. The molecule has 5 nitrogen and oxygen atoms in total. The molecule has 1 heterocycles. The quantitative estimate of drug-likeness (QED) is 0.845. The number of rotatable bonds is 5. The van der Waals surface area contributed by atoms with Crippen molar-refractivity contribution in [2.45, 2.75) is 26.3 Å². The van der Waals surface area contributed by atoms with Gasteiger partial charge in [-0.2, -0.15) is 0 Å². The molecule has 0 saturated heterocycles. The van der Waals surface area contributed by atoms with Gasteiger partial charge in [0, 0.05) is 25.9 Å². The maximum atomic E-state index is 12.1. The van der Waals surface area contributed by atoms with E-state index in [2.05, 4.69) is 10.3 Å². The van der Waals surface area contributed by atoms with E-state index in [9.17, 15) is 9.59 Å². The monoisotopic (exact) mass is 297 g/mol. The number of carbonyl (C=O) groups is 2. The zero-order valence-corrected chi connectivity index (χ0v) is 12.9.